The number of nitrogens with one attached hydrogen (secondary N) is 1. The van der Waals surface area contributed by atoms with Gasteiger partial charge in [0.2, 0.25) is 5.91 Å². The third kappa shape index (κ3) is 4.65. The first-order chi connectivity index (χ1) is 7.24. The number of carbonyl (C=O) groups excluding carboxylic acids is 1. The lowest BCUT2D eigenvalue weighted by Gasteiger charge is -2.33. The van der Waals surface area contributed by atoms with Crippen LogP contribution >= 0.6 is 0 Å². The van der Waals surface area contributed by atoms with Crippen molar-refractivity contribution in [2.24, 2.45) is 0 Å². The van der Waals surface area contributed by atoms with Gasteiger partial charge in [-0.3, -0.25) is 9.69 Å². The molecule has 0 atom stereocenters. The molecule has 0 aromatic carbocycles. The lowest BCUT2D eigenvalue weighted by molar-refractivity contribution is -0.119. The fourth-order valence-corrected chi connectivity index (χ4v) is 2.42. The van der Waals surface area contributed by atoms with Crippen LogP contribution in [0.15, 0.2) is 0 Å². The maximum atomic E-state index is 10.8. The summed E-state index contributed by atoms with van der Waals surface area (Å²) in [5.74, 6) is 0.0784. The summed E-state index contributed by atoms with van der Waals surface area (Å²) in [7, 11) is 0. The van der Waals surface area contributed by atoms with Gasteiger partial charge in [0.05, 0.1) is 0 Å². The van der Waals surface area contributed by atoms with E-state index in [-0.39, 0.29) is 5.91 Å². The second-order valence-corrected chi connectivity index (χ2v) is 4.40. The number of hydrogen-bond donors (Lipinski definition) is 1. The van der Waals surface area contributed by atoms with Gasteiger partial charge in [-0.05, 0) is 19.4 Å². The Balaban J connectivity index is 2.24. The van der Waals surface area contributed by atoms with Crippen LogP contribution in [0.3, 0.4) is 0 Å². The molecule has 0 radical (unpaired) electrons. The van der Waals surface area contributed by atoms with Gasteiger partial charge < -0.3 is 5.32 Å². The number of rotatable bonds is 5. The molecule has 1 fully saturated rings. The van der Waals surface area contributed by atoms with Crippen LogP contribution in [0.2, 0.25) is 0 Å². The van der Waals surface area contributed by atoms with Crippen molar-refractivity contribution in [3.8, 4) is 0 Å². The van der Waals surface area contributed by atoms with E-state index in [2.05, 4.69) is 17.1 Å². The van der Waals surface area contributed by atoms with Crippen molar-refractivity contribution >= 4 is 5.91 Å². The minimum Gasteiger partial charge on any atom is -0.355 e. The van der Waals surface area contributed by atoms with E-state index >= 15 is 0 Å². The monoisotopic (exact) mass is 212 g/mol. The summed E-state index contributed by atoms with van der Waals surface area (Å²) in [6, 6.07) is 0.762. The molecule has 1 saturated carbocycles. The molecular formula is C12H24N2O. The Kier molecular flexibility index (Phi) is 5.69. The van der Waals surface area contributed by atoms with Crippen molar-refractivity contribution in [1.82, 2.24) is 10.2 Å². The van der Waals surface area contributed by atoms with Crippen LogP contribution in [0.25, 0.3) is 0 Å². The first-order valence-electron chi connectivity index (χ1n) is 6.22. The van der Waals surface area contributed by atoms with Gasteiger partial charge in [-0.1, -0.05) is 26.2 Å². The number of hydrogen-bond acceptors (Lipinski definition) is 2. The Morgan fingerprint density at radius 2 is 2.00 bits per heavy atom. The van der Waals surface area contributed by atoms with Crippen molar-refractivity contribution in [3.05, 3.63) is 0 Å². The summed E-state index contributed by atoms with van der Waals surface area (Å²) in [5.41, 5.74) is 0. The molecule has 1 amide bonds. The van der Waals surface area contributed by atoms with Gasteiger partial charge in [-0.2, -0.15) is 0 Å². The molecular weight excluding hydrogens is 188 g/mol. The Bertz CT molecular complexity index is 188. The van der Waals surface area contributed by atoms with Crippen LogP contribution in [0.5, 0.6) is 0 Å². The predicted molar refractivity (Wildman–Crippen MR) is 62.8 cm³/mol. The average molecular weight is 212 g/mol. The van der Waals surface area contributed by atoms with Gasteiger partial charge in [0.15, 0.2) is 0 Å². The number of carbonyl (C=O) groups is 1. The van der Waals surface area contributed by atoms with Gasteiger partial charge in [0.1, 0.15) is 0 Å². The van der Waals surface area contributed by atoms with Crippen LogP contribution < -0.4 is 5.32 Å². The zero-order valence-corrected chi connectivity index (χ0v) is 10.1. The molecule has 3 nitrogen and oxygen atoms in total. The lowest BCUT2D eigenvalue weighted by Crippen LogP contribution is -2.41. The van der Waals surface area contributed by atoms with Crippen molar-refractivity contribution in [3.63, 3.8) is 0 Å². The van der Waals surface area contributed by atoms with Crippen LogP contribution in [0, 0.1) is 0 Å². The van der Waals surface area contributed by atoms with E-state index in [1.807, 2.05) is 0 Å². The van der Waals surface area contributed by atoms with E-state index in [0.717, 1.165) is 25.7 Å². The first-order valence-corrected chi connectivity index (χ1v) is 6.22. The lowest BCUT2D eigenvalue weighted by atomic mass is 9.94. The first kappa shape index (κ1) is 12.5. The highest BCUT2D eigenvalue weighted by molar-refractivity contribution is 5.72. The van der Waals surface area contributed by atoms with Crippen molar-refractivity contribution < 1.29 is 4.79 Å². The standard InChI is InChI=1S/C12H24N2O/c1-3-14(10-9-13-11(2)15)12-7-5-4-6-8-12/h12H,3-10H2,1-2H3,(H,13,15). The Morgan fingerprint density at radius 1 is 1.33 bits per heavy atom. The SMILES string of the molecule is CCN(CCNC(C)=O)C1CCCCC1. The smallest absolute Gasteiger partial charge is 0.216 e. The quantitative estimate of drug-likeness (QED) is 0.753. The highest BCUT2D eigenvalue weighted by atomic mass is 16.1. The second-order valence-electron chi connectivity index (χ2n) is 4.40. The van der Waals surface area contributed by atoms with Gasteiger partial charge in [-0.25, -0.2) is 0 Å². The molecule has 1 N–H and O–H groups in total. The van der Waals surface area contributed by atoms with Crippen LogP contribution in [0.4, 0.5) is 0 Å². The Labute approximate surface area is 93.2 Å². The molecule has 0 unspecified atom stereocenters. The molecule has 1 aliphatic rings. The molecule has 0 aromatic rings. The highest BCUT2D eigenvalue weighted by Gasteiger charge is 2.19. The number of amides is 1. The largest absolute Gasteiger partial charge is 0.355 e. The zero-order valence-electron chi connectivity index (χ0n) is 10.1. The second kappa shape index (κ2) is 6.83. The van der Waals surface area contributed by atoms with Gasteiger partial charge in [-0.15, -0.1) is 0 Å². The summed E-state index contributed by atoms with van der Waals surface area (Å²) in [5, 5.41) is 2.87. The molecule has 15 heavy (non-hydrogen) atoms. The molecule has 1 rings (SSSR count). The fraction of sp³-hybridized carbons (Fsp3) is 0.917. The van der Waals surface area contributed by atoms with Crippen LogP contribution in [-0.2, 0) is 4.79 Å². The summed E-state index contributed by atoms with van der Waals surface area (Å²) < 4.78 is 0. The van der Waals surface area contributed by atoms with E-state index < -0.39 is 0 Å². The topological polar surface area (TPSA) is 32.3 Å². The predicted octanol–water partition coefficient (Wildman–Crippen LogP) is 1.78. The highest BCUT2D eigenvalue weighted by Crippen LogP contribution is 2.21. The molecule has 0 aromatic heterocycles. The molecule has 0 spiro atoms. The van der Waals surface area contributed by atoms with Gasteiger partial charge in [0.25, 0.3) is 0 Å². The van der Waals surface area contributed by atoms with Crippen LogP contribution in [-0.4, -0.2) is 36.5 Å². The molecule has 0 heterocycles. The molecule has 1 aliphatic carbocycles. The average Bonchev–Trinajstić information content (AvgIpc) is 2.25. The van der Waals surface area contributed by atoms with Crippen molar-refractivity contribution in [2.75, 3.05) is 19.6 Å². The molecule has 3 heteroatoms. The van der Waals surface area contributed by atoms with E-state index in [4.69, 9.17) is 0 Å². The molecule has 0 bridgehead atoms. The third-order valence-electron chi connectivity index (χ3n) is 3.27. The normalized spacial score (nSPS) is 18.1. The number of nitrogens with zero attached hydrogens (tertiary/aromatic N) is 1. The summed E-state index contributed by atoms with van der Waals surface area (Å²) in [4.78, 5) is 13.3. The Morgan fingerprint density at radius 3 is 2.53 bits per heavy atom. The summed E-state index contributed by atoms with van der Waals surface area (Å²) >= 11 is 0. The molecule has 88 valence electrons. The molecule has 0 saturated heterocycles. The van der Waals surface area contributed by atoms with Gasteiger partial charge >= 0.3 is 0 Å². The minimum atomic E-state index is 0.0784. The number of likely N-dealkylation sites (N-methyl/N-ethyl adjacent to an activating group) is 1. The van der Waals surface area contributed by atoms with E-state index in [0.29, 0.717) is 0 Å². The summed E-state index contributed by atoms with van der Waals surface area (Å²) in [6.45, 7) is 6.68. The molecule has 0 aliphatic heterocycles. The van der Waals surface area contributed by atoms with E-state index in [9.17, 15) is 4.79 Å². The van der Waals surface area contributed by atoms with Crippen molar-refractivity contribution in [2.45, 2.75) is 52.0 Å². The summed E-state index contributed by atoms with van der Waals surface area (Å²) in [6.07, 6.45) is 6.84. The fourth-order valence-electron chi connectivity index (χ4n) is 2.42. The van der Waals surface area contributed by atoms with E-state index in [1.54, 1.807) is 6.92 Å². The van der Waals surface area contributed by atoms with E-state index in [1.165, 1.54) is 32.1 Å². The van der Waals surface area contributed by atoms with Crippen molar-refractivity contribution in [1.29, 1.82) is 0 Å². The van der Waals surface area contributed by atoms with Crippen LogP contribution in [0.1, 0.15) is 46.0 Å². The zero-order chi connectivity index (χ0) is 11.1. The maximum absolute atomic E-state index is 10.8. The van der Waals surface area contributed by atoms with Gasteiger partial charge in [0, 0.05) is 26.1 Å². The third-order valence-corrected chi connectivity index (χ3v) is 3.27. The minimum absolute atomic E-state index is 0.0784. The maximum Gasteiger partial charge on any atom is 0.216 e. The Hall–Kier alpha value is -0.570.